The van der Waals surface area contributed by atoms with Gasteiger partial charge in [-0.05, 0) is 42.7 Å². The SMILES string of the molecule is CC(=O)NCCCc1ccc(C(=O)COC(=O)CCc2nc(-c3ccc(F)cc3)no2)cc1. The molecule has 0 saturated heterocycles. The molecule has 3 rings (SSSR count). The van der Waals surface area contributed by atoms with Crippen molar-refractivity contribution in [2.45, 2.75) is 32.6 Å². The Kier molecular flexibility index (Phi) is 8.40. The summed E-state index contributed by atoms with van der Waals surface area (Å²) in [4.78, 5) is 39.3. The summed E-state index contributed by atoms with van der Waals surface area (Å²) in [5.74, 6) is -0.741. The molecule has 1 aromatic heterocycles. The average molecular weight is 453 g/mol. The molecular weight excluding hydrogens is 429 g/mol. The molecule has 0 unspecified atom stereocenters. The maximum Gasteiger partial charge on any atom is 0.306 e. The maximum absolute atomic E-state index is 13.0. The van der Waals surface area contributed by atoms with Crippen LogP contribution in [0.2, 0.25) is 0 Å². The van der Waals surface area contributed by atoms with Crippen molar-refractivity contribution in [3.8, 4) is 11.4 Å². The lowest BCUT2D eigenvalue weighted by atomic mass is 10.1. The predicted molar refractivity (Wildman–Crippen MR) is 117 cm³/mol. The number of nitrogens with zero attached hydrogens (tertiary/aromatic N) is 2. The van der Waals surface area contributed by atoms with Crippen LogP contribution in [0.3, 0.4) is 0 Å². The fraction of sp³-hybridized carbons (Fsp3) is 0.292. The number of hydrogen-bond donors (Lipinski definition) is 1. The highest BCUT2D eigenvalue weighted by molar-refractivity contribution is 5.97. The molecule has 0 spiro atoms. The van der Waals surface area contributed by atoms with Crippen molar-refractivity contribution in [1.82, 2.24) is 15.5 Å². The van der Waals surface area contributed by atoms with E-state index in [0.717, 1.165) is 18.4 Å². The predicted octanol–water partition coefficient (Wildman–Crippen LogP) is 3.30. The van der Waals surface area contributed by atoms with Crippen LogP contribution in [-0.2, 0) is 27.2 Å². The van der Waals surface area contributed by atoms with E-state index in [1.807, 2.05) is 12.1 Å². The summed E-state index contributed by atoms with van der Waals surface area (Å²) in [7, 11) is 0. The fourth-order valence-corrected chi connectivity index (χ4v) is 3.00. The molecule has 0 aliphatic rings. The van der Waals surface area contributed by atoms with E-state index in [2.05, 4.69) is 15.5 Å². The van der Waals surface area contributed by atoms with Gasteiger partial charge in [-0.25, -0.2) is 4.39 Å². The molecule has 172 valence electrons. The van der Waals surface area contributed by atoms with Crippen LogP contribution >= 0.6 is 0 Å². The third-order valence-electron chi connectivity index (χ3n) is 4.77. The van der Waals surface area contributed by atoms with Gasteiger partial charge < -0.3 is 14.6 Å². The first-order chi connectivity index (χ1) is 15.9. The molecule has 33 heavy (non-hydrogen) atoms. The second kappa shape index (κ2) is 11.7. The van der Waals surface area contributed by atoms with Crippen molar-refractivity contribution in [2.24, 2.45) is 0 Å². The number of hydrogen-bond acceptors (Lipinski definition) is 7. The van der Waals surface area contributed by atoms with E-state index in [0.29, 0.717) is 23.5 Å². The van der Waals surface area contributed by atoms with Crippen LogP contribution in [0.1, 0.15) is 41.6 Å². The molecule has 1 heterocycles. The van der Waals surface area contributed by atoms with Gasteiger partial charge in [0.15, 0.2) is 12.4 Å². The minimum atomic E-state index is -0.556. The summed E-state index contributed by atoms with van der Waals surface area (Å²) in [5, 5.41) is 6.55. The topological polar surface area (TPSA) is 111 Å². The van der Waals surface area contributed by atoms with Gasteiger partial charge in [-0.15, -0.1) is 0 Å². The average Bonchev–Trinajstić information content (AvgIpc) is 3.29. The minimum Gasteiger partial charge on any atom is -0.457 e. The van der Waals surface area contributed by atoms with Crippen LogP contribution in [0.4, 0.5) is 4.39 Å². The molecule has 0 fully saturated rings. The first-order valence-corrected chi connectivity index (χ1v) is 10.5. The van der Waals surface area contributed by atoms with Gasteiger partial charge in [0.1, 0.15) is 5.82 Å². The molecule has 0 aliphatic heterocycles. The van der Waals surface area contributed by atoms with E-state index < -0.39 is 5.97 Å². The van der Waals surface area contributed by atoms with Crippen LogP contribution in [0.25, 0.3) is 11.4 Å². The van der Waals surface area contributed by atoms with Crippen LogP contribution in [-0.4, -0.2) is 41.0 Å². The summed E-state index contributed by atoms with van der Waals surface area (Å²) in [6.07, 6.45) is 1.72. The Labute approximate surface area is 190 Å². The lowest BCUT2D eigenvalue weighted by molar-refractivity contribution is -0.142. The second-order valence-electron chi connectivity index (χ2n) is 7.39. The molecule has 3 aromatic rings. The van der Waals surface area contributed by atoms with Crippen molar-refractivity contribution in [3.05, 3.63) is 71.4 Å². The number of carbonyl (C=O) groups excluding carboxylic acids is 3. The highest BCUT2D eigenvalue weighted by Gasteiger charge is 2.14. The lowest BCUT2D eigenvalue weighted by Crippen LogP contribution is -2.21. The van der Waals surface area contributed by atoms with E-state index >= 15 is 0 Å². The summed E-state index contributed by atoms with van der Waals surface area (Å²) < 4.78 is 23.2. The first-order valence-electron chi connectivity index (χ1n) is 10.5. The number of Topliss-reactive ketones (excluding diaryl/α,β-unsaturated/α-hetero) is 1. The number of amides is 1. The number of benzene rings is 2. The number of rotatable bonds is 11. The van der Waals surface area contributed by atoms with Gasteiger partial charge in [0.25, 0.3) is 0 Å². The largest absolute Gasteiger partial charge is 0.457 e. The van der Waals surface area contributed by atoms with Crippen molar-refractivity contribution >= 4 is 17.7 Å². The van der Waals surface area contributed by atoms with Crippen LogP contribution in [0.5, 0.6) is 0 Å². The number of nitrogens with one attached hydrogen (secondary N) is 1. The Morgan fingerprint density at radius 1 is 1.03 bits per heavy atom. The number of halogens is 1. The Morgan fingerprint density at radius 2 is 1.76 bits per heavy atom. The summed E-state index contributed by atoms with van der Waals surface area (Å²) in [6, 6.07) is 12.7. The number of aryl methyl sites for hydroxylation is 2. The van der Waals surface area contributed by atoms with Crippen LogP contribution in [0.15, 0.2) is 53.1 Å². The van der Waals surface area contributed by atoms with Gasteiger partial charge >= 0.3 is 5.97 Å². The minimum absolute atomic E-state index is 0.0223. The molecule has 0 aliphatic carbocycles. The molecule has 1 N–H and O–H groups in total. The maximum atomic E-state index is 13.0. The Bertz CT molecular complexity index is 1090. The number of aromatic nitrogens is 2. The Morgan fingerprint density at radius 3 is 2.45 bits per heavy atom. The van der Waals surface area contributed by atoms with Gasteiger partial charge in [0.2, 0.25) is 17.6 Å². The molecule has 0 atom stereocenters. The quantitative estimate of drug-likeness (QED) is 0.269. The summed E-state index contributed by atoms with van der Waals surface area (Å²) in [5.41, 5.74) is 2.10. The van der Waals surface area contributed by atoms with E-state index in [4.69, 9.17) is 9.26 Å². The standard InChI is InChI=1S/C24H24FN3O5/c1-16(29)26-14-2-3-17-4-6-18(7-5-17)21(30)15-32-23(31)13-12-22-27-24(28-33-22)19-8-10-20(25)11-9-19/h4-11H,2-3,12-15H2,1H3,(H,26,29). The van der Waals surface area contributed by atoms with E-state index in [-0.39, 0.29) is 42.8 Å². The monoisotopic (exact) mass is 453 g/mol. The smallest absolute Gasteiger partial charge is 0.306 e. The van der Waals surface area contributed by atoms with Crippen molar-refractivity contribution in [3.63, 3.8) is 0 Å². The highest BCUT2D eigenvalue weighted by atomic mass is 19.1. The van der Waals surface area contributed by atoms with Crippen LogP contribution < -0.4 is 5.32 Å². The molecule has 9 heteroatoms. The van der Waals surface area contributed by atoms with Gasteiger partial charge in [0.05, 0.1) is 6.42 Å². The van der Waals surface area contributed by atoms with E-state index in [9.17, 15) is 18.8 Å². The summed E-state index contributed by atoms with van der Waals surface area (Å²) >= 11 is 0. The van der Waals surface area contributed by atoms with E-state index in [1.54, 1.807) is 12.1 Å². The molecule has 2 aromatic carbocycles. The zero-order valence-electron chi connectivity index (χ0n) is 18.2. The number of esters is 1. The summed E-state index contributed by atoms with van der Waals surface area (Å²) in [6.45, 7) is 1.72. The van der Waals surface area contributed by atoms with Gasteiger partial charge in [-0.2, -0.15) is 4.98 Å². The van der Waals surface area contributed by atoms with Gasteiger partial charge in [-0.1, -0.05) is 29.4 Å². The van der Waals surface area contributed by atoms with E-state index in [1.165, 1.54) is 31.2 Å². The third kappa shape index (κ3) is 7.64. The zero-order valence-corrected chi connectivity index (χ0v) is 18.2. The first kappa shape index (κ1) is 23.8. The molecule has 0 bridgehead atoms. The van der Waals surface area contributed by atoms with Gasteiger partial charge in [0, 0.05) is 31.0 Å². The normalized spacial score (nSPS) is 10.6. The van der Waals surface area contributed by atoms with Crippen molar-refractivity contribution in [1.29, 1.82) is 0 Å². The highest BCUT2D eigenvalue weighted by Crippen LogP contribution is 2.16. The van der Waals surface area contributed by atoms with Crippen molar-refractivity contribution < 1.29 is 28.0 Å². The second-order valence-corrected chi connectivity index (χ2v) is 7.39. The molecule has 1 amide bonds. The number of carbonyl (C=O) groups is 3. The number of ether oxygens (including phenoxy) is 1. The van der Waals surface area contributed by atoms with Crippen molar-refractivity contribution in [2.75, 3.05) is 13.2 Å². The fourth-order valence-electron chi connectivity index (χ4n) is 3.00. The third-order valence-corrected chi connectivity index (χ3v) is 4.77. The molecule has 0 saturated carbocycles. The lowest BCUT2D eigenvalue weighted by Gasteiger charge is -2.06. The Hall–Kier alpha value is -3.88. The molecule has 0 radical (unpaired) electrons. The molecular formula is C24H24FN3O5. The van der Waals surface area contributed by atoms with Gasteiger partial charge in [-0.3, -0.25) is 14.4 Å². The number of ketones is 1. The Balaban J connectivity index is 1.39. The zero-order chi connectivity index (χ0) is 23.6. The van der Waals surface area contributed by atoms with Crippen LogP contribution in [0, 0.1) is 5.82 Å². The molecule has 8 nitrogen and oxygen atoms in total.